The van der Waals surface area contributed by atoms with Crippen LogP contribution in [0.5, 0.6) is 0 Å². The van der Waals surface area contributed by atoms with Gasteiger partial charge in [0.05, 0.1) is 23.3 Å². The van der Waals surface area contributed by atoms with E-state index >= 15 is 0 Å². The van der Waals surface area contributed by atoms with Gasteiger partial charge in [-0.1, -0.05) is 25.6 Å². The molecule has 154 valence electrons. The maximum atomic E-state index is 13.1. The smallest absolute Gasteiger partial charge is 0.393 e. The zero-order valence-corrected chi connectivity index (χ0v) is 17.2. The number of nitrogens with two attached hydrogens (primary N) is 1. The molecule has 0 fully saturated rings. The van der Waals surface area contributed by atoms with E-state index in [9.17, 15) is 13.2 Å². The first-order valence-electron chi connectivity index (χ1n) is 9.08. The molecule has 7 nitrogen and oxygen atoms in total. The fourth-order valence-corrected chi connectivity index (χ4v) is 4.66. The Morgan fingerprint density at radius 3 is 2.76 bits per heavy atom. The van der Waals surface area contributed by atoms with E-state index in [0.717, 1.165) is 27.6 Å². The van der Waals surface area contributed by atoms with E-state index in [4.69, 9.17) is 18.0 Å². The van der Waals surface area contributed by atoms with Gasteiger partial charge in [-0.2, -0.15) is 13.2 Å². The highest BCUT2D eigenvalue weighted by Gasteiger charge is 2.39. The summed E-state index contributed by atoms with van der Waals surface area (Å²) in [6.07, 6.45) is -2.33. The fraction of sp³-hybridized carbons (Fsp3) is 0.471. The van der Waals surface area contributed by atoms with Crippen molar-refractivity contribution >= 4 is 44.6 Å². The zero-order chi connectivity index (χ0) is 20.8. The summed E-state index contributed by atoms with van der Waals surface area (Å²) in [6.45, 7) is 2.76. The van der Waals surface area contributed by atoms with Crippen molar-refractivity contribution in [3.05, 3.63) is 28.4 Å². The standard InChI is InChI=1S/C17H18F3N7S2/c1-2-3-9-6-10-14(22-12(7-11(21)28)23-15(10)29-9)26-4-5-27-13(8-26)24-25-16(27)17(18,19)20/h6H,2-5,7-8H2,1H3,(H2,21,28). The van der Waals surface area contributed by atoms with E-state index in [-0.39, 0.29) is 30.3 Å². The Bertz CT molecular complexity index is 1070. The highest BCUT2D eigenvalue weighted by atomic mass is 32.1. The number of aryl methyl sites for hydroxylation is 1. The normalized spacial score (nSPS) is 14.4. The number of thiocarbonyl (C=S) groups is 1. The minimum atomic E-state index is -4.53. The van der Waals surface area contributed by atoms with Crippen LogP contribution in [0.1, 0.15) is 35.7 Å². The molecule has 3 aromatic rings. The Balaban J connectivity index is 1.74. The predicted molar refractivity (Wildman–Crippen MR) is 108 cm³/mol. The van der Waals surface area contributed by atoms with Gasteiger partial charge in [0.15, 0.2) is 5.82 Å². The number of halogens is 3. The van der Waals surface area contributed by atoms with Gasteiger partial charge in [0.1, 0.15) is 16.5 Å². The molecule has 1 aliphatic heterocycles. The maximum absolute atomic E-state index is 13.1. The van der Waals surface area contributed by atoms with Gasteiger partial charge < -0.3 is 15.2 Å². The molecule has 0 spiro atoms. The van der Waals surface area contributed by atoms with Crippen molar-refractivity contribution in [3.8, 4) is 0 Å². The van der Waals surface area contributed by atoms with Gasteiger partial charge in [-0.3, -0.25) is 0 Å². The molecule has 29 heavy (non-hydrogen) atoms. The first kappa shape index (κ1) is 20.0. The summed E-state index contributed by atoms with van der Waals surface area (Å²) in [6, 6.07) is 2.06. The van der Waals surface area contributed by atoms with Crippen molar-refractivity contribution in [2.24, 2.45) is 5.73 Å². The van der Waals surface area contributed by atoms with Gasteiger partial charge in [0, 0.05) is 18.0 Å². The van der Waals surface area contributed by atoms with Crippen LogP contribution in [-0.4, -0.2) is 36.3 Å². The molecule has 0 aliphatic carbocycles. The number of nitrogens with zero attached hydrogens (tertiary/aromatic N) is 6. The maximum Gasteiger partial charge on any atom is 0.451 e. The number of rotatable bonds is 5. The van der Waals surface area contributed by atoms with E-state index in [2.05, 4.69) is 33.2 Å². The Morgan fingerprint density at radius 1 is 1.28 bits per heavy atom. The van der Waals surface area contributed by atoms with Crippen molar-refractivity contribution in [2.75, 3.05) is 11.4 Å². The van der Waals surface area contributed by atoms with Crippen LogP contribution in [0, 0.1) is 0 Å². The van der Waals surface area contributed by atoms with Crippen molar-refractivity contribution in [3.63, 3.8) is 0 Å². The van der Waals surface area contributed by atoms with E-state index in [1.807, 2.05) is 4.90 Å². The predicted octanol–water partition coefficient (Wildman–Crippen LogP) is 3.10. The highest BCUT2D eigenvalue weighted by molar-refractivity contribution is 7.80. The summed E-state index contributed by atoms with van der Waals surface area (Å²) >= 11 is 6.59. The molecule has 1 aliphatic rings. The van der Waals surface area contributed by atoms with Crippen LogP contribution < -0.4 is 10.6 Å². The third kappa shape index (κ3) is 3.90. The Morgan fingerprint density at radius 2 is 2.07 bits per heavy atom. The number of hydrogen-bond donors (Lipinski definition) is 1. The highest BCUT2D eigenvalue weighted by Crippen LogP contribution is 2.34. The van der Waals surface area contributed by atoms with Gasteiger partial charge in [0.25, 0.3) is 0 Å². The lowest BCUT2D eigenvalue weighted by atomic mass is 10.2. The first-order chi connectivity index (χ1) is 13.8. The average molecular weight is 442 g/mol. The topological polar surface area (TPSA) is 85.8 Å². The van der Waals surface area contributed by atoms with Crippen LogP contribution in [0.2, 0.25) is 0 Å². The van der Waals surface area contributed by atoms with Crippen LogP contribution >= 0.6 is 23.6 Å². The summed E-state index contributed by atoms with van der Waals surface area (Å²) in [7, 11) is 0. The summed E-state index contributed by atoms with van der Waals surface area (Å²) in [5.41, 5.74) is 5.67. The first-order valence-corrected chi connectivity index (χ1v) is 10.3. The van der Waals surface area contributed by atoms with E-state index in [1.165, 1.54) is 4.88 Å². The van der Waals surface area contributed by atoms with Gasteiger partial charge in [-0.25, -0.2) is 9.97 Å². The van der Waals surface area contributed by atoms with Crippen LogP contribution in [0.4, 0.5) is 19.0 Å². The van der Waals surface area contributed by atoms with Crippen molar-refractivity contribution in [1.29, 1.82) is 0 Å². The number of alkyl halides is 3. The molecular weight excluding hydrogens is 423 g/mol. The molecule has 3 aromatic heterocycles. The van der Waals surface area contributed by atoms with Gasteiger partial charge in [-0.15, -0.1) is 21.5 Å². The van der Waals surface area contributed by atoms with E-state index in [1.54, 1.807) is 11.3 Å². The molecule has 4 rings (SSSR count). The molecule has 0 bridgehead atoms. The monoisotopic (exact) mass is 441 g/mol. The molecular formula is C17H18F3N7S2. The lowest BCUT2D eigenvalue weighted by Gasteiger charge is -2.29. The summed E-state index contributed by atoms with van der Waals surface area (Å²) < 4.78 is 40.4. The average Bonchev–Trinajstić information content (AvgIpc) is 3.23. The molecule has 0 saturated heterocycles. The molecule has 2 N–H and O–H groups in total. The summed E-state index contributed by atoms with van der Waals surface area (Å²) in [4.78, 5) is 13.4. The number of anilines is 1. The Labute approximate surface area is 173 Å². The second-order valence-electron chi connectivity index (χ2n) is 6.80. The van der Waals surface area contributed by atoms with Gasteiger partial charge in [-0.05, 0) is 12.5 Å². The van der Waals surface area contributed by atoms with Crippen LogP contribution in [-0.2, 0) is 32.1 Å². The van der Waals surface area contributed by atoms with E-state index < -0.39 is 12.0 Å². The molecule has 0 radical (unpaired) electrons. The summed E-state index contributed by atoms with van der Waals surface area (Å²) in [5.74, 6) is 0.473. The Kier molecular flexibility index (Phi) is 5.15. The lowest BCUT2D eigenvalue weighted by molar-refractivity contribution is -0.147. The van der Waals surface area contributed by atoms with Crippen molar-refractivity contribution in [2.45, 2.75) is 45.5 Å². The quantitative estimate of drug-likeness (QED) is 0.609. The molecule has 0 amide bonds. The second kappa shape index (κ2) is 7.48. The largest absolute Gasteiger partial charge is 0.451 e. The van der Waals surface area contributed by atoms with Crippen molar-refractivity contribution in [1.82, 2.24) is 24.7 Å². The van der Waals surface area contributed by atoms with Crippen LogP contribution in [0.15, 0.2) is 6.07 Å². The number of thiophene rings is 1. The minimum Gasteiger partial charge on any atom is -0.393 e. The zero-order valence-electron chi connectivity index (χ0n) is 15.5. The molecule has 0 atom stereocenters. The lowest BCUT2D eigenvalue weighted by Crippen LogP contribution is -2.36. The van der Waals surface area contributed by atoms with Crippen LogP contribution in [0.3, 0.4) is 0 Å². The third-order valence-corrected chi connectivity index (χ3v) is 5.84. The number of aromatic nitrogens is 5. The molecule has 0 saturated carbocycles. The van der Waals surface area contributed by atoms with Crippen LogP contribution in [0.25, 0.3) is 10.2 Å². The molecule has 4 heterocycles. The SMILES string of the molecule is CCCc1cc2c(N3CCn4c(nnc4C(F)(F)F)C3)nc(CC(N)=S)nc2s1. The summed E-state index contributed by atoms with van der Waals surface area (Å²) in [5, 5.41) is 7.98. The van der Waals surface area contributed by atoms with Gasteiger partial charge >= 0.3 is 6.18 Å². The third-order valence-electron chi connectivity index (χ3n) is 4.60. The van der Waals surface area contributed by atoms with Gasteiger partial charge in [0.2, 0.25) is 5.82 Å². The molecule has 0 aromatic carbocycles. The number of hydrogen-bond acceptors (Lipinski definition) is 7. The number of fused-ring (bicyclic) bond motifs is 2. The van der Waals surface area contributed by atoms with Crippen molar-refractivity contribution < 1.29 is 13.2 Å². The fourth-order valence-electron chi connectivity index (χ4n) is 3.39. The molecule has 12 heteroatoms. The minimum absolute atomic E-state index is 0.124. The molecule has 0 unspecified atom stereocenters. The van der Waals surface area contributed by atoms with E-state index in [0.29, 0.717) is 18.2 Å². The Hall–Kier alpha value is -2.34. The second-order valence-corrected chi connectivity index (χ2v) is 8.44.